The van der Waals surface area contributed by atoms with E-state index >= 15 is 0 Å². The van der Waals surface area contributed by atoms with E-state index in [2.05, 4.69) is 27.0 Å². The molecule has 0 unspecified atom stereocenters. The second-order valence-corrected chi connectivity index (χ2v) is 7.07. The zero-order valence-electron chi connectivity index (χ0n) is 14.7. The number of ether oxygens (including phenoxy) is 2. The van der Waals surface area contributed by atoms with E-state index in [0.29, 0.717) is 5.95 Å². The first kappa shape index (κ1) is 14.3. The number of benzene rings is 3. The van der Waals surface area contributed by atoms with Gasteiger partial charge in [0.15, 0.2) is 0 Å². The van der Waals surface area contributed by atoms with Crippen LogP contribution in [0.3, 0.4) is 0 Å². The van der Waals surface area contributed by atoms with Crippen LogP contribution in [0.15, 0.2) is 73.1 Å². The van der Waals surface area contributed by atoms with Gasteiger partial charge in [-0.3, -0.25) is 4.90 Å². The molecule has 0 bridgehead atoms. The van der Waals surface area contributed by atoms with Crippen LogP contribution in [-0.2, 0) is 0 Å². The molecule has 0 spiro atoms. The molecule has 0 saturated carbocycles. The summed E-state index contributed by atoms with van der Waals surface area (Å²) >= 11 is 0. The summed E-state index contributed by atoms with van der Waals surface area (Å²) < 4.78 is 12.6. The van der Waals surface area contributed by atoms with Crippen molar-refractivity contribution < 1.29 is 9.47 Å². The summed E-state index contributed by atoms with van der Waals surface area (Å²) in [5.41, 5.74) is 5.45. The molecule has 0 N–H and O–H groups in total. The molecule has 0 amide bonds. The van der Waals surface area contributed by atoms with Gasteiger partial charge in [0, 0.05) is 29.2 Å². The first-order valence-electron chi connectivity index (χ1n) is 9.22. The number of rotatable bonds is 1. The molecule has 0 aliphatic carbocycles. The lowest BCUT2D eigenvalue weighted by Crippen LogP contribution is -2.61. The third-order valence-corrected chi connectivity index (χ3v) is 5.65. The number of hydrogen-bond donors (Lipinski definition) is 0. The molecule has 0 fully saturated rings. The van der Waals surface area contributed by atoms with Crippen LogP contribution in [0, 0.1) is 0 Å². The molecule has 0 saturated heterocycles. The van der Waals surface area contributed by atoms with Crippen molar-refractivity contribution >= 4 is 40.4 Å². The topological polar surface area (TPSA) is 47.5 Å². The molecule has 3 aliphatic heterocycles. The Balaban J connectivity index is 1.63. The summed E-state index contributed by atoms with van der Waals surface area (Å²) in [6.45, 7) is 0.0751. The van der Waals surface area contributed by atoms with E-state index in [-0.39, 0.29) is 6.71 Å². The maximum Gasteiger partial charge on any atom is 0.266 e. The Kier molecular flexibility index (Phi) is 2.51. The van der Waals surface area contributed by atoms with Crippen molar-refractivity contribution in [1.82, 2.24) is 9.97 Å². The molecule has 6 heteroatoms. The van der Waals surface area contributed by atoms with Crippen molar-refractivity contribution in [2.45, 2.75) is 0 Å². The fraction of sp³-hybridized carbons (Fsp3) is 0. The number of anilines is 3. The van der Waals surface area contributed by atoms with E-state index in [0.717, 1.165) is 50.8 Å². The highest BCUT2D eigenvalue weighted by Crippen LogP contribution is 2.43. The van der Waals surface area contributed by atoms with Crippen LogP contribution < -0.4 is 30.8 Å². The quantitative estimate of drug-likeness (QED) is 0.421. The van der Waals surface area contributed by atoms with Gasteiger partial charge in [-0.25, -0.2) is 9.97 Å². The second-order valence-electron chi connectivity index (χ2n) is 7.07. The fourth-order valence-corrected chi connectivity index (χ4v) is 4.62. The highest BCUT2D eigenvalue weighted by atomic mass is 16.5. The molecule has 5 nitrogen and oxygen atoms in total. The van der Waals surface area contributed by atoms with Crippen molar-refractivity contribution in [3.63, 3.8) is 0 Å². The first-order valence-corrected chi connectivity index (χ1v) is 9.22. The van der Waals surface area contributed by atoms with Gasteiger partial charge in [0.1, 0.15) is 23.0 Å². The third-order valence-electron chi connectivity index (χ3n) is 5.65. The van der Waals surface area contributed by atoms with Crippen LogP contribution in [0.2, 0.25) is 0 Å². The monoisotopic (exact) mass is 361 g/mol. The Labute approximate surface area is 161 Å². The van der Waals surface area contributed by atoms with Crippen molar-refractivity contribution in [3.05, 3.63) is 73.1 Å². The Morgan fingerprint density at radius 2 is 1.11 bits per heavy atom. The lowest BCUT2D eigenvalue weighted by molar-refractivity contribution is 0.464. The van der Waals surface area contributed by atoms with Crippen molar-refractivity contribution in [1.29, 1.82) is 0 Å². The van der Waals surface area contributed by atoms with Gasteiger partial charge in [-0.2, -0.15) is 0 Å². The summed E-state index contributed by atoms with van der Waals surface area (Å²) in [7, 11) is 0. The van der Waals surface area contributed by atoms with E-state index in [1.807, 2.05) is 48.5 Å². The molecular weight excluding hydrogens is 349 g/mol. The minimum absolute atomic E-state index is 0.0751. The van der Waals surface area contributed by atoms with Gasteiger partial charge in [-0.05, 0) is 53.4 Å². The average molecular weight is 361 g/mol. The van der Waals surface area contributed by atoms with Crippen LogP contribution in [0.5, 0.6) is 23.0 Å². The van der Waals surface area contributed by atoms with E-state index in [4.69, 9.17) is 9.47 Å². The predicted molar refractivity (Wildman–Crippen MR) is 108 cm³/mol. The molecule has 4 aromatic rings. The Morgan fingerprint density at radius 3 is 1.68 bits per heavy atom. The maximum atomic E-state index is 6.29. The van der Waals surface area contributed by atoms with Gasteiger partial charge in [0.2, 0.25) is 5.95 Å². The highest BCUT2D eigenvalue weighted by molar-refractivity contribution is 7.00. The molecule has 3 aliphatic rings. The minimum Gasteiger partial charge on any atom is -0.458 e. The van der Waals surface area contributed by atoms with Crippen LogP contribution in [0.4, 0.5) is 17.3 Å². The summed E-state index contributed by atoms with van der Waals surface area (Å²) in [5, 5.41) is 0. The smallest absolute Gasteiger partial charge is 0.266 e. The Hall–Kier alpha value is -3.80. The molecule has 1 aromatic heterocycles. The van der Waals surface area contributed by atoms with Gasteiger partial charge in [0.25, 0.3) is 6.71 Å². The van der Waals surface area contributed by atoms with Crippen LogP contribution in [0.25, 0.3) is 0 Å². The van der Waals surface area contributed by atoms with E-state index in [1.165, 1.54) is 0 Å². The highest BCUT2D eigenvalue weighted by Gasteiger charge is 2.47. The lowest BCUT2D eigenvalue weighted by atomic mass is 9.33. The van der Waals surface area contributed by atoms with Gasteiger partial charge in [-0.15, -0.1) is 0 Å². The molecule has 7 rings (SSSR count). The molecule has 3 aromatic carbocycles. The first-order chi connectivity index (χ1) is 13.9. The second kappa shape index (κ2) is 4.92. The SMILES string of the molecule is c1cnc(N2c3cccc4c3B3c5c(cccc5Oc5cccc2c53)O4)nc1. The van der Waals surface area contributed by atoms with Crippen LogP contribution in [-0.4, -0.2) is 16.7 Å². The van der Waals surface area contributed by atoms with Gasteiger partial charge in [0.05, 0.1) is 0 Å². The molecule has 0 atom stereocenters. The van der Waals surface area contributed by atoms with Crippen LogP contribution in [0.1, 0.15) is 0 Å². The van der Waals surface area contributed by atoms with E-state index in [9.17, 15) is 0 Å². The zero-order valence-corrected chi connectivity index (χ0v) is 14.7. The Bertz CT molecular complexity index is 1220. The minimum atomic E-state index is 0.0751. The van der Waals surface area contributed by atoms with E-state index < -0.39 is 0 Å². The predicted octanol–water partition coefficient (Wildman–Crippen LogP) is 2.99. The lowest BCUT2D eigenvalue weighted by Gasteiger charge is -2.41. The fourth-order valence-electron chi connectivity index (χ4n) is 4.62. The van der Waals surface area contributed by atoms with Gasteiger partial charge < -0.3 is 9.47 Å². The number of aromatic nitrogens is 2. The van der Waals surface area contributed by atoms with Gasteiger partial charge in [-0.1, -0.05) is 18.2 Å². The standard InChI is InChI=1S/C22H12BN3O2/c1-5-13-19-15(7-1)27-17-9-3-10-18-21(17)23(19)20-14(6-2-8-16(20)28-18)26(13)22-24-11-4-12-25-22/h1-12H. The summed E-state index contributed by atoms with van der Waals surface area (Å²) in [5.74, 6) is 4.09. The summed E-state index contributed by atoms with van der Waals surface area (Å²) in [6, 6.07) is 20.1. The largest absolute Gasteiger partial charge is 0.458 e. The molecule has 4 heterocycles. The van der Waals surface area contributed by atoms with E-state index in [1.54, 1.807) is 12.4 Å². The average Bonchev–Trinajstić information content (AvgIpc) is 2.75. The van der Waals surface area contributed by atoms with Gasteiger partial charge >= 0.3 is 0 Å². The molecular formula is C22H12BN3O2. The summed E-state index contributed by atoms with van der Waals surface area (Å²) in [6.07, 6.45) is 3.53. The molecule has 28 heavy (non-hydrogen) atoms. The molecule has 130 valence electrons. The van der Waals surface area contributed by atoms with Crippen LogP contribution >= 0.6 is 0 Å². The van der Waals surface area contributed by atoms with Crippen molar-refractivity contribution in [2.24, 2.45) is 0 Å². The molecule has 0 radical (unpaired) electrons. The maximum absolute atomic E-state index is 6.29. The number of hydrogen-bond acceptors (Lipinski definition) is 5. The normalized spacial score (nSPS) is 14.1. The zero-order chi connectivity index (χ0) is 18.2. The number of nitrogens with zero attached hydrogens (tertiary/aromatic N) is 3. The van der Waals surface area contributed by atoms with Crippen molar-refractivity contribution in [3.8, 4) is 23.0 Å². The Morgan fingerprint density at radius 1 is 0.607 bits per heavy atom. The third kappa shape index (κ3) is 1.63. The van der Waals surface area contributed by atoms with Crippen molar-refractivity contribution in [2.75, 3.05) is 4.90 Å². The summed E-state index contributed by atoms with van der Waals surface area (Å²) in [4.78, 5) is 11.1.